The number of rotatable bonds is 6. The van der Waals surface area contributed by atoms with Crippen molar-refractivity contribution in [3.05, 3.63) is 144 Å². The monoisotopic (exact) mass is 490 g/mol. The van der Waals surface area contributed by atoms with Crippen molar-refractivity contribution in [1.29, 1.82) is 0 Å². The summed E-state index contributed by atoms with van der Waals surface area (Å²) >= 11 is 0. The molecule has 0 nitrogen and oxygen atoms in total. The van der Waals surface area contributed by atoms with Crippen molar-refractivity contribution in [3.8, 4) is 0 Å². The lowest BCUT2D eigenvalue weighted by atomic mass is 9.87. The second-order valence-electron chi connectivity index (χ2n) is 9.93. The fourth-order valence-electron chi connectivity index (χ4n) is 4.67. The first-order valence-electron chi connectivity index (χ1n) is 12.3. The van der Waals surface area contributed by atoms with Crippen LogP contribution in [0.4, 0.5) is 0 Å². The molecule has 0 N–H and O–H groups in total. The SMILES string of the molecule is CC(C)(C)C1=CC(P(c2ccccc2)c2ccccc2)C(P(c2ccccc2)c2ccccc2)=C1. The second-order valence-corrected chi connectivity index (χ2v) is 14.5. The summed E-state index contributed by atoms with van der Waals surface area (Å²) in [5.74, 6) is 0. The van der Waals surface area contributed by atoms with E-state index in [0.29, 0.717) is 5.66 Å². The molecule has 35 heavy (non-hydrogen) atoms. The molecule has 0 heterocycles. The van der Waals surface area contributed by atoms with Crippen molar-refractivity contribution >= 4 is 37.1 Å². The van der Waals surface area contributed by atoms with Gasteiger partial charge < -0.3 is 0 Å². The highest BCUT2D eigenvalue weighted by Gasteiger charge is 2.36. The number of benzene rings is 4. The predicted octanol–water partition coefficient (Wildman–Crippen LogP) is 7.49. The second kappa shape index (κ2) is 10.5. The Hall–Kier alpha value is -2.78. The summed E-state index contributed by atoms with van der Waals surface area (Å²) in [4.78, 5) is 0. The average Bonchev–Trinajstić information content (AvgIpc) is 3.32. The van der Waals surface area contributed by atoms with Gasteiger partial charge >= 0.3 is 0 Å². The van der Waals surface area contributed by atoms with Crippen molar-refractivity contribution in [2.45, 2.75) is 26.4 Å². The van der Waals surface area contributed by atoms with Gasteiger partial charge in [-0.3, -0.25) is 0 Å². The molecule has 0 bridgehead atoms. The smallest absolute Gasteiger partial charge is 0.0318 e. The zero-order valence-corrected chi connectivity index (χ0v) is 22.5. The van der Waals surface area contributed by atoms with Crippen LogP contribution < -0.4 is 21.2 Å². The molecular weight excluding hydrogens is 458 g/mol. The Morgan fingerprint density at radius 1 is 0.514 bits per heavy atom. The van der Waals surface area contributed by atoms with Gasteiger partial charge in [-0.25, -0.2) is 0 Å². The van der Waals surface area contributed by atoms with Gasteiger partial charge in [0.25, 0.3) is 0 Å². The van der Waals surface area contributed by atoms with Gasteiger partial charge in [0.1, 0.15) is 0 Å². The number of hydrogen-bond acceptors (Lipinski definition) is 0. The molecular formula is C33H32P2. The lowest BCUT2D eigenvalue weighted by molar-refractivity contribution is 0.518. The van der Waals surface area contributed by atoms with Crippen LogP contribution in [0.2, 0.25) is 0 Å². The van der Waals surface area contributed by atoms with E-state index in [1.165, 1.54) is 26.8 Å². The van der Waals surface area contributed by atoms with Crippen LogP contribution in [0.25, 0.3) is 0 Å². The third-order valence-corrected chi connectivity index (χ3v) is 11.9. The predicted molar refractivity (Wildman–Crippen MR) is 158 cm³/mol. The van der Waals surface area contributed by atoms with Gasteiger partial charge in [-0.15, -0.1) is 0 Å². The zero-order valence-electron chi connectivity index (χ0n) is 20.7. The fraction of sp³-hybridized carbons (Fsp3) is 0.152. The molecule has 2 heteroatoms. The summed E-state index contributed by atoms with van der Waals surface area (Å²) in [5, 5.41) is 7.29. The van der Waals surface area contributed by atoms with Crippen LogP contribution in [-0.2, 0) is 0 Å². The van der Waals surface area contributed by atoms with E-state index in [9.17, 15) is 0 Å². The fourth-order valence-corrected chi connectivity index (χ4v) is 10.4. The van der Waals surface area contributed by atoms with Crippen LogP contribution in [0, 0.1) is 5.41 Å². The van der Waals surface area contributed by atoms with Crippen LogP contribution in [0.15, 0.2) is 144 Å². The lowest BCUT2D eigenvalue weighted by Gasteiger charge is -2.31. The van der Waals surface area contributed by atoms with Crippen molar-refractivity contribution in [2.24, 2.45) is 5.41 Å². The van der Waals surface area contributed by atoms with Crippen LogP contribution in [0.3, 0.4) is 0 Å². The molecule has 0 radical (unpaired) electrons. The molecule has 1 unspecified atom stereocenters. The minimum Gasteiger partial charge on any atom is -0.0683 e. The van der Waals surface area contributed by atoms with Crippen LogP contribution in [-0.4, -0.2) is 5.66 Å². The molecule has 1 aliphatic carbocycles. The molecule has 5 rings (SSSR count). The highest BCUT2D eigenvalue weighted by Crippen LogP contribution is 2.58. The van der Waals surface area contributed by atoms with Gasteiger partial charge in [0, 0.05) is 5.66 Å². The summed E-state index contributed by atoms with van der Waals surface area (Å²) in [6, 6.07) is 44.6. The van der Waals surface area contributed by atoms with E-state index in [1.807, 2.05) is 0 Å². The van der Waals surface area contributed by atoms with Crippen molar-refractivity contribution in [3.63, 3.8) is 0 Å². The quantitative estimate of drug-likeness (QED) is 0.246. The maximum atomic E-state index is 2.60. The highest BCUT2D eigenvalue weighted by molar-refractivity contribution is 7.80. The van der Waals surface area contributed by atoms with E-state index in [2.05, 4.69) is 154 Å². The first-order valence-corrected chi connectivity index (χ1v) is 15.0. The molecule has 0 amide bonds. The van der Waals surface area contributed by atoms with E-state index in [1.54, 1.807) is 5.31 Å². The van der Waals surface area contributed by atoms with Gasteiger partial charge in [0.05, 0.1) is 0 Å². The Morgan fingerprint density at radius 3 is 1.26 bits per heavy atom. The van der Waals surface area contributed by atoms with Gasteiger partial charge in [0.2, 0.25) is 0 Å². The average molecular weight is 491 g/mol. The Labute approximate surface area is 213 Å². The molecule has 0 saturated heterocycles. The Bertz CT molecular complexity index is 1220. The lowest BCUT2D eigenvalue weighted by Crippen LogP contribution is -2.24. The summed E-state index contributed by atoms with van der Waals surface area (Å²) in [6.45, 7) is 7.03. The van der Waals surface area contributed by atoms with Crippen LogP contribution in [0.5, 0.6) is 0 Å². The molecule has 1 atom stereocenters. The van der Waals surface area contributed by atoms with E-state index in [0.717, 1.165) is 0 Å². The Balaban J connectivity index is 1.72. The van der Waals surface area contributed by atoms with Gasteiger partial charge in [-0.1, -0.05) is 154 Å². The molecule has 4 aromatic rings. The van der Waals surface area contributed by atoms with Gasteiger partial charge in [0.15, 0.2) is 0 Å². The number of hydrogen-bond donors (Lipinski definition) is 0. The van der Waals surface area contributed by atoms with Crippen LogP contribution >= 0.6 is 15.8 Å². The molecule has 4 aromatic carbocycles. The minimum absolute atomic E-state index is 0.1000. The largest absolute Gasteiger partial charge is 0.0683 e. The van der Waals surface area contributed by atoms with Crippen molar-refractivity contribution < 1.29 is 0 Å². The molecule has 0 saturated carbocycles. The normalized spacial score (nSPS) is 15.9. The molecule has 0 spiro atoms. The topological polar surface area (TPSA) is 0 Å². The maximum absolute atomic E-state index is 2.60. The van der Waals surface area contributed by atoms with Gasteiger partial charge in [-0.05, 0) is 53.4 Å². The molecule has 174 valence electrons. The van der Waals surface area contributed by atoms with E-state index < -0.39 is 15.8 Å². The summed E-state index contributed by atoms with van der Waals surface area (Å²) in [7, 11) is -1.26. The van der Waals surface area contributed by atoms with Crippen molar-refractivity contribution in [2.75, 3.05) is 0 Å². The van der Waals surface area contributed by atoms with Gasteiger partial charge in [-0.2, -0.15) is 0 Å². The summed E-state index contributed by atoms with van der Waals surface area (Å²) in [6.07, 6.45) is 5.15. The summed E-state index contributed by atoms with van der Waals surface area (Å²) in [5.41, 5.74) is 1.91. The molecule has 1 aliphatic rings. The van der Waals surface area contributed by atoms with Crippen LogP contribution in [0.1, 0.15) is 20.8 Å². The van der Waals surface area contributed by atoms with E-state index >= 15 is 0 Å². The maximum Gasteiger partial charge on any atom is 0.0318 e. The first kappa shape index (κ1) is 23.9. The molecule has 0 aromatic heterocycles. The van der Waals surface area contributed by atoms with E-state index in [-0.39, 0.29) is 5.41 Å². The minimum atomic E-state index is -0.653. The zero-order chi connectivity index (χ0) is 24.3. The molecule has 0 aliphatic heterocycles. The Morgan fingerprint density at radius 2 is 0.886 bits per heavy atom. The molecule has 0 fully saturated rings. The summed E-state index contributed by atoms with van der Waals surface area (Å²) < 4.78 is 0. The van der Waals surface area contributed by atoms with Crippen molar-refractivity contribution in [1.82, 2.24) is 0 Å². The number of allylic oxidation sites excluding steroid dienone is 4. The highest BCUT2D eigenvalue weighted by atomic mass is 31.1. The Kier molecular flexibility index (Phi) is 7.15. The standard InChI is InChI=1S/C33H32P2/c1-33(2,3)26-24-31(34(27-16-8-4-9-17-27)28-18-10-5-11-19-28)32(25-26)35(29-20-12-6-13-21-29)30-22-14-7-15-23-30/h4-25,31H,1-3H3. The van der Waals surface area contributed by atoms with E-state index in [4.69, 9.17) is 0 Å². The first-order chi connectivity index (χ1) is 17.0. The third-order valence-electron chi connectivity index (χ3n) is 6.44. The third kappa shape index (κ3) is 5.26.